The van der Waals surface area contributed by atoms with Crippen molar-refractivity contribution in [1.82, 2.24) is 10.3 Å². The lowest BCUT2D eigenvalue weighted by Crippen LogP contribution is -2.49. The predicted molar refractivity (Wildman–Crippen MR) is 88.0 cm³/mol. The third-order valence-corrected chi connectivity index (χ3v) is 3.90. The minimum Gasteiger partial charge on any atom is -0.369 e. The van der Waals surface area contributed by atoms with Crippen molar-refractivity contribution in [3.8, 4) is 0 Å². The molecule has 0 aliphatic carbocycles. The molecule has 1 saturated heterocycles. The molecule has 1 aliphatic heterocycles. The molecule has 3 rings (SSSR count). The van der Waals surface area contributed by atoms with Crippen LogP contribution < -0.4 is 15.5 Å². The first-order chi connectivity index (χ1) is 11.2. The van der Waals surface area contributed by atoms with Crippen molar-refractivity contribution in [2.45, 2.75) is 18.9 Å². The summed E-state index contributed by atoms with van der Waals surface area (Å²) in [5.74, 6) is -0.544. The van der Waals surface area contributed by atoms with Crippen LogP contribution in [0.1, 0.15) is 12.8 Å². The van der Waals surface area contributed by atoms with Gasteiger partial charge in [-0.15, -0.1) is 0 Å². The number of aromatic nitrogens is 1. The number of pyridine rings is 1. The Morgan fingerprint density at radius 2 is 2.09 bits per heavy atom. The number of anilines is 2. The fourth-order valence-electron chi connectivity index (χ4n) is 2.79. The van der Waals surface area contributed by atoms with Crippen molar-refractivity contribution in [2.24, 2.45) is 0 Å². The van der Waals surface area contributed by atoms with E-state index in [1.807, 2.05) is 18.2 Å². The van der Waals surface area contributed by atoms with Crippen molar-refractivity contribution < 1.29 is 9.18 Å². The summed E-state index contributed by atoms with van der Waals surface area (Å²) in [4.78, 5) is 18.0. The minimum atomic E-state index is -0.544. The summed E-state index contributed by atoms with van der Waals surface area (Å²) in [6.45, 7) is 1.72. The summed E-state index contributed by atoms with van der Waals surface area (Å²) in [5.41, 5.74) is 1.29. The van der Waals surface area contributed by atoms with Crippen LogP contribution in [0.3, 0.4) is 0 Å². The van der Waals surface area contributed by atoms with Crippen molar-refractivity contribution >= 4 is 17.4 Å². The van der Waals surface area contributed by atoms with Crippen LogP contribution in [0.25, 0.3) is 0 Å². The summed E-state index contributed by atoms with van der Waals surface area (Å²) in [6.07, 6.45) is 4.43. The van der Waals surface area contributed by atoms with Gasteiger partial charge in [0.2, 0.25) is 0 Å². The molecular weight excluding hydrogens is 295 g/mol. The molecule has 1 atom stereocenters. The van der Waals surface area contributed by atoms with E-state index in [9.17, 15) is 9.18 Å². The number of hydrogen-bond acceptors (Lipinski definition) is 3. The van der Waals surface area contributed by atoms with Gasteiger partial charge in [-0.25, -0.2) is 9.18 Å². The number of amides is 2. The zero-order valence-electron chi connectivity index (χ0n) is 12.7. The minimum absolute atomic E-state index is 0.0360. The summed E-state index contributed by atoms with van der Waals surface area (Å²) in [5, 5.41) is 5.44. The number of piperidine rings is 1. The number of carbonyl (C=O) groups excluding carboxylic acids is 1. The Labute approximate surface area is 134 Å². The van der Waals surface area contributed by atoms with E-state index in [1.54, 1.807) is 0 Å². The smallest absolute Gasteiger partial charge is 0.319 e. The van der Waals surface area contributed by atoms with Crippen molar-refractivity contribution in [1.29, 1.82) is 0 Å². The predicted octanol–water partition coefficient (Wildman–Crippen LogP) is 3.01. The van der Waals surface area contributed by atoms with Crippen LogP contribution in [0.15, 0.2) is 48.8 Å². The number of carbonyl (C=O) groups is 1. The quantitative estimate of drug-likeness (QED) is 0.915. The Balaban J connectivity index is 1.57. The second-order valence-corrected chi connectivity index (χ2v) is 5.57. The molecule has 6 heteroatoms. The first kappa shape index (κ1) is 15.3. The lowest BCUT2D eigenvalue weighted by Gasteiger charge is -2.34. The maximum atomic E-state index is 13.5. The molecule has 2 amide bonds. The summed E-state index contributed by atoms with van der Waals surface area (Å²) in [7, 11) is 0. The molecule has 2 aromatic rings. The first-order valence-corrected chi connectivity index (χ1v) is 7.69. The van der Waals surface area contributed by atoms with E-state index >= 15 is 0 Å². The van der Waals surface area contributed by atoms with Crippen LogP contribution in [0.5, 0.6) is 0 Å². The van der Waals surface area contributed by atoms with Crippen molar-refractivity contribution in [3.05, 3.63) is 54.6 Å². The van der Waals surface area contributed by atoms with Gasteiger partial charge in [0.05, 0.1) is 11.9 Å². The van der Waals surface area contributed by atoms with Gasteiger partial charge in [0.25, 0.3) is 0 Å². The topological polar surface area (TPSA) is 57.3 Å². The molecule has 1 fully saturated rings. The Hall–Kier alpha value is -2.63. The van der Waals surface area contributed by atoms with Crippen LogP contribution in [0, 0.1) is 5.82 Å². The van der Waals surface area contributed by atoms with E-state index in [1.165, 1.54) is 12.3 Å². The van der Waals surface area contributed by atoms with Gasteiger partial charge in [0.1, 0.15) is 0 Å². The van der Waals surface area contributed by atoms with Gasteiger partial charge in [-0.05, 0) is 31.0 Å². The highest BCUT2D eigenvalue weighted by molar-refractivity contribution is 5.89. The third kappa shape index (κ3) is 3.97. The van der Waals surface area contributed by atoms with Gasteiger partial charge >= 0.3 is 6.03 Å². The fourth-order valence-corrected chi connectivity index (χ4v) is 2.79. The number of urea groups is 1. The standard InChI is InChI=1S/C17H19FN4O/c18-15-11-19-9-8-16(15)21-17(23)20-13-5-4-10-22(12-13)14-6-2-1-3-7-14/h1-3,6-9,11,13H,4-5,10,12H2,(H2,19,20,21,23)/t13-/m1/s1. The Bertz CT molecular complexity index is 665. The highest BCUT2D eigenvalue weighted by Gasteiger charge is 2.21. The molecule has 0 radical (unpaired) electrons. The molecule has 0 spiro atoms. The van der Waals surface area contributed by atoms with E-state index in [0.29, 0.717) is 0 Å². The molecule has 0 bridgehead atoms. The number of rotatable bonds is 3. The van der Waals surface area contributed by atoms with E-state index in [4.69, 9.17) is 0 Å². The van der Waals surface area contributed by atoms with Crippen LogP contribution >= 0.6 is 0 Å². The zero-order valence-corrected chi connectivity index (χ0v) is 12.7. The molecule has 0 saturated carbocycles. The summed E-state index contributed by atoms with van der Waals surface area (Å²) < 4.78 is 13.5. The van der Waals surface area contributed by atoms with Crippen molar-refractivity contribution in [2.75, 3.05) is 23.3 Å². The number of halogens is 1. The summed E-state index contributed by atoms with van der Waals surface area (Å²) in [6, 6.07) is 11.2. The maximum Gasteiger partial charge on any atom is 0.319 e. The molecule has 2 N–H and O–H groups in total. The highest BCUT2D eigenvalue weighted by atomic mass is 19.1. The fraction of sp³-hybridized carbons (Fsp3) is 0.294. The van der Waals surface area contributed by atoms with Crippen LogP contribution in [0.2, 0.25) is 0 Å². The largest absolute Gasteiger partial charge is 0.369 e. The van der Waals surface area contributed by atoms with Gasteiger partial charge in [0, 0.05) is 31.0 Å². The normalized spacial score (nSPS) is 17.6. The van der Waals surface area contributed by atoms with E-state index in [0.717, 1.165) is 37.8 Å². The van der Waals surface area contributed by atoms with Gasteiger partial charge in [-0.2, -0.15) is 0 Å². The lowest BCUT2D eigenvalue weighted by atomic mass is 10.1. The molecule has 23 heavy (non-hydrogen) atoms. The number of hydrogen-bond donors (Lipinski definition) is 2. The van der Waals surface area contributed by atoms with Gasteiger partial charge in [0.15, 0.2) is 5.82 Å². The van der Waals surface area contributed by atoms with Crippen molar-refractivity contribution in [3.63, 3.8) is 0 Å². The number of para-hydroxylation sites is 1. The van der Waals surface area contributed by atoms with Gasteiger partial charge in [-0.3, -0.25) is 4.98 Å². The van der Waals surface area contributed by atoms with Crippen LogP contribution in [-0.2, 0) is 0 Å². The molecule has 5 nitrogen and oxygen atoms in total. The molecule has 2 heterocycles. The molecule has 120 valence electrons. The van der Waals surface area contributed by atoms with E-state index in [-0.39, 0.29) is 11.7 Å². The molecule has 1 aromatic carbocycles. The number of benzene rings is 1. The van der Waals surface area contributed by atoms with E-state index in [2.05, 4.69) is 32.7 Å². The molecule has 0 unspecified atom stereocenters. The lowest BCUT2D eigenvalue weighted by molar-refractivity contribution is 0.246. The van der Waals surface area contributed by atoms with E-state index < -0.39 is 11.8 Å². The Kier molecular flexibility index (Phi) is 4.71. The second kappa shape index (κ2) is 7.09. The van der Waals surface area contributed by atoms with Crippen LogP contribution in [-0.4, -0.2) is 30.1 Å². The average Bonchev–Trinajstić information content (AvgIpc) is 2.58. The number of nitrogens with one attached hydrogen (secondary N) is 2. The Morgan fingerprint density at radius 1 is 1.26 bits per heavy atom. The zero-order chi connectivity index (χ0) is 16.1. The molecule has 1 aliphatic rings. The maximum absolute atomic E-state index is 13.5. The van der Waals surface area contributed by atoms with Crippen LogP contribution in [0.4, 0.5) is 20.6 Å². The summed E-state index contributed by atoms with van der Waals surface area (Å²) >= 11 is 0. The molecular formula is C17H19FN4O. The second-order valence-electron chi connectivity index (χ2n) is 5.57. The van der Waals surface area contributed by atoms with Gasteiger partial charge in [-0.1, -0.05) is 18.2 Å². The first-order valence-electron chi connectivity index (χ1n) is 7.69. The SMILES string of the molecule is O=C(Nc1ccncc1F)N[C@@H]1CCCN(c2ccccc2)C1. The molecule has 1 aromatic heterocycles. The monoisotopic (exact) mass is 314 g/mol. The highest BCUT2D eigenvalue weighted by Crippen LogP contribution is 2.19. The third-order valence-electron chi connectivity index (χ3n) is 3.90. The Morgan fingerprint density at radius 3 is 2.87 bits per heavy atom. The average molecular weight is 314 g/mol. The number of nitrogens with zero attached hydrogens (tertiary/aromatic N) is 2. The van der Waals surface area contributed by atoms with Gasteiger partial charge < -0.3 is 15.5 Å².